The molecule has 1 heterocycles. The average Bonchev–Trinajstić information content (AvgIpc) is 2.75. The van der Waals surface area contributed by atoms with E-state index in [1.807, 2.05) is 0 Å². The predicted molar refractivity (Wildman–Crippen MR) is 61.5 cm³/mol. The summed E-state index contributed by atoms with van der Waals surface area (Å²) in [7, 11) is 0. The van der Waals surface area contributed by atoms with Crippen LogP contribution in [0.2, 0.25) is 0 Å². The van der Waals surface area contributed by atoms with E-state index >= 15 is 0 Å². The van der Waals surface area contributed by atoms with E-state index in [-0.39, 0.29) is 17.1 Å². The summed E-state index contributed by atoms with van der Waals surface area (Å²) in [6.07, 6.45) is 1.05. The van der Waals surface area contributed by atoms with Gasteiger partial charge in [-0.2, -0.15) is 0 Å². The number of hydrogen-bond donors (Lipinski definition) is 3. The van der Waals surface area contributed by atoms with Crippen LogP contribution in [-0.4, -0.2) is 44.7 Å². The maximum Gasteiger partial charge on any atom is 0.326 e. The number of benzene rings is 1. The molecule has 3 N–H and O–H groups in total. The van der Waals surface area contributed by atoms with Crippen molar-refractivity contribution >= 4 is 11.9 Å². The summed E-state index contributed by atoms with van der Waals surface area (Å²) in [5, 5.41) is 27.6. The van der Waals surface area contributed by atoms with Crippen molar-refractivity contribution in [2.75, 3.05) is 6.54 Å². The van der Waals surface area contributed by atoms with Crippen molar-refractivity contribution in [2.24, 2.45) is 0 Å². The molecule has 96 valence electrons. The van der Waals surface area contributed by atoms with E-state index in [0.717, 1.165) is 6.07 Å². The maximum absolute atomic E-state index is 12.1. The molecule has 1 aliphatic rings. The molecule has 1 fully saturated rings. The van der Waals surface area contributed by atoms with Crippen LogP contribution in [0.3, 0.4) is 0 Å². The van der Waals surface area contributed by atoms with Crippen molar-refractivity contribution < 1.29 is 24.9 Å². The van der Waals surface area contributed by atoms with E-state index in [4.69, 9.17) is 5.11 Å². The predicted octanol–water partition coefficient (Wildman–Crippen LogP) is 0.787. The van der Waals surface area contributed by atoms with Gasteiger partial charge in [-0.25, -0.2) is 4.79 Å². The zero-order valence-electron chi connectivity index (χ0n) is 9.54. The largest absolute Gasteiger partial charge is 0.508 e. The molecular formula is C12H13NO5. The molecule has 1 aromatic carbocycles. The highest BCUT2D eigenvalue weighted by atomic mass is 16.4. The topological polar surface area (TPSA) is 98.1 Å². The Labute approximate surface area is 103 Å². The van der Waals surface area contributed by atoms with Crippen molar-refractivity contribution in [2.45, 2.75) is 18.9 Å². The number of amides is 1. The van der Waals surface area contributed by atoms with Crippen LogP contribution in [-0.2, 0) is 4.79 Å². The van der Waals surface area contributed by atoms with Crippen LogP contribution in [0.4, 0.5) is 0 Å². The number of carboxylic acid groups (broad SMARTS) is 1. The van der Waals surface area contributed by atoms with Gasteiger partial charge in [0.25, 0.3) is 5.91 Å². The van der Waals surface area contributed by atoms with Gasteiger partial charge in [-0.1, -0.05) is 0 Å². The normalized spacial score (nSPS) is 18.9. The van der Waals surface area contributed by atoms with Crippen molar-refractivity contribution in [3.8, 4) is 11.5 Å². The molecule has 0 unspecified atom stereocenters. The van der Waals surface area contributed by atoms with Gasteiger partial charge in [-0.05, 0) is 25.0 Å². The standard InChI is InChI=1S/C12H13NO5/c14-8-4-7(5-9(15)6-8)11(16)13-3-1-2-10(13)12(17)18/h4-6,10,14-15H,1-3H2,(H,17,18)/t10-/m1/s1. The number of phenols is 2. The highest BCUT2D eigenvalue weighted by molar-refractivity contribution is 5.97. The molecular weight excluding hydrogens is 238 g/mol. The molecule has 6 heteroatoms. The fourth-order valence-corrected chi connectivity index (χ4v) is 2.15. The summed E-state index contributed by atoms with van der Waals surface area (Å²) < 4.78 is 0. The first-order chi connectivity index (χ1) is 8.49. The molecule has 0 bridgehead atoms. The summed E-state index contributed by atoms with van der Waals surface area (Å²) in [5.74, 6) is -2.00. The Kier molecular flexibility index (Phi) is 3.10. The Bertz CT molecular complexity index is 479. The lowest BCUT2D eigenvalue weighted by Gasteiger charge is -2.21. The van der Waals surface area contributed by atoms with E-state index in [0.29, 0.717) is 19.4 Å². The number of nitrogens with zero attached hydrogens (tertiary/aromatic N) is 1. The number of carbonyl (C=O) groups is 2. The smallest absolute Gasteiger partial charge is 0.326 e. The van der Waals surface area contributed by atoms with Crippen molar-refractivity contribution in [3.05, 3.63) is 23.8 Å². The molecule has 0 aromatic heterocycles. The lowest BCUT2D eigenvalue weighted by Crippen LogP contribution is -2.40. The van der Waals surface area contributed by atoms with Crippen LogP contribution < -0.4 is 0 Å². The Morgan fingerprint density at radius 3 is 2.33 bits per heavy atom. The molecule has 0 saturated carbocycles. The van der Waals surface area contributed by atoms with Crippen molar-refractivity contribution in [1.82, 2.24) is 4.90 Å². The van der Waals surface area contributed by atoms with Crippen LogP contribution in [0.25, 0.3) is 0 Å². The van der Waals surface area contributed by atoms with Gasteiger partial charge in [-0.3, -0.25) is 4.79 Å². The molecule has 2 rings (SSSR count). The first-order valence-electron chi connectivity index (χ1n) is 5.56. The first-order valence-corrected chi connectivity index (χ1v) is 5.56. The minimum Gasteiger partial charge on any atom is -0.508 e. The second kappa shape index (κ2) is 4.56. The number of likely N-dealkylation sites (tertiary alicyclic amines) is 1. The lowest BCUT2D eigenvalue weighted by atomic mass is 10.1. The third-order valence-corrected chi connectivity index (χ3v) is 2.95. The molecule has 0 aliphatic carbocycles. The fourth-order valence-electron chi connectivity index (χ4n) is 2.15. The summed E-state index contributed by atoms with van der Waals surface area (Å²) >= 11 is 0. The van der Waals surface area contributed by atoms with Crippen LogP contribution in [0.15, 0.2) is 18.2 Å². The van der Waals surface area contributed by atoms with Gasteiger partial charge in [0.2, 0.25) is 0 Å². The lowest BCUT2D eigenvalue weighted by molar-refractivity contribution is -0.141. The van der Waals surface area contributed by atoms with E-state index < -0.39 is 17.9 Å². The zero-order chi connectivity index (χ0) is 13.3. The quantitative estimate of drug-likeness (QED) is 0.721. The van der Waals surface area contributed by atoms with E-state index in [1.54, 1.807) is 0 Å². The van der Waals surface area contributed by atoms with Crippen LogP contribution in [0.1, 0.15) is 23.2 Å². The minimum atomic E-state index is -1.04. The Hall–Kier alpha value is -2.24. The molecule has 1 atom stereocenters. The first kappa shape index (κ1) is 12.2. The number of rotatable bonds is 2. The van der Waals surface area contributed by atoms with Gasteiger partial charge in [0, 0.05) is 18.2 Å². The van der Waals surface area contributed by atoms with Crippen molar-refractivity contribution in [1.29, 1.82) is 0 Å². The molecule has 1 saturated heterocycles. The maximum atomic E-state index is 12.1. The number of carbonyl (C=O) groups excluding carboxylic acids is 1. The van der Waals surface area contributed by atoms with Gasteiger partial charge >= 0.3 is 5.97 Å². The minimum absolute atomic E-state index is 0.0839. The molecule has 6 nitrogen and oxygen atoms in total. The zero-order valence-corrected chi connectivity index (χ0v) is 9.54. The highest BCUT2D eigenvalue weighted by Crippen LogP contribution is 2.25. The summed E-state index contributed by atoms with van der Waals surface area (Å²) in [5.41, 5.74) is 0.0839. The number of carboxylic acids is 1. The molecule has 18 heavy (non-hydrogen) atoms. The summed E-state index contributed by atoms with van der Waals surface area (Å²) in [6, 6.07) is 2.69. The Balaban J connectivity index is 2.28. The average molecular weight is 251 g/mol. The monoisotopic (exact) mass is 251 g/mol. The molecule has 1 aliphatic heterocycles. The van der Waals surface area contributed by atoms with Gasteiger partial charge in [0.05, 0.1) is 0 Å². The van der Waals surface area contributed by atoms with Gasteiger partial charge < -0.3 is 20.2 Å². The number of aromatic hydroxyl groups is 2. The number of phenolic OH excluding ortho intramolecular Hbond substituents is 2. The van der Waals surface area contributed by atoms with Crippen LogP contribution >= 0.6 is 0 Å². The number of aliphatic carboxylic acids is 1. The highest BCUT2D eigenvalue weighted by Gasteiger charge is 2.34. The Morgan fingerprint density at radius 1 is 1.17 bits per heavy atom. The van der Waals surface area contributed by atoms with Gasteiger partial charge in [-0.15, -0.1) is 0 Å². The molecule has 0 radical (unpaired) electrons. The SMILES string of the molecule is O=C(O)[C@H]1CCCN1C(=O)c1cc(O)cc(O)c1. The van der Waals surface area contributed by atoms with Crippen molar-refractivity contribution in [3.63, 3.8) is 0 Å². The van der Waals surface area contributed by atoms with E-state index in [1.165, 1.54) is 17.0 Å². The molecule has 0 spiro atoms. The second-order valence-corrected chi connectivity index (χ2v) is 4.23. The fraction of sp³-hybridized carbons (Fsp3) is 0.333. The van der Waals surface area contributed by atoms with Crippen LogP contribution in [0, 0.1) is 0 Å². The van der Waals surface area contributed by atoms with Gasteiger partial charge in [0.1, 0.15) is 17.5 Å². The van der Waals surface area contributed by atoms with Gasteiger partial charge in [0.15, 0.2) is 0 Å². The Morgan fingerprint density at radius 2 is 1.78 bits per heavy atom. The third kappa shape index (κ3) is 2.22. The van der Waals surface area contributed by atoms with E-state index in [2.05, 4.69) is 0 Å². The summed E-state index contributed by atoms with van der Waals surface area (Å²) in [4.78, 5) is 24.3. The van der Waals surface area contributed by atoms with E-state index in [9.17, 15) is 19.8 Å². The summed E-state index contributed by atoms with van der Waals surface area (Å²) in [6.45, 7) is 0.367. The third-order valence-electron chi connectivity index (χ3n) is 2.95. The second-order valence-electron chi connectivity index (χ2n) is 4.23. The molecule has 1 aromatic rings. The van der Waals surface area contributed by atoms with Crippen LogP contribution in [0.5, 0.6) is 11.5 Å². The number of hydrogen-bond acceptors (Lipinski definition) is 4. The molecule has 1 amide bonds.